The van der Waals surface area contributed by atoms with Crippen LogP contribution < -0.4 is 5.32 Å². The predicted molar refractivity (Wildman–Crippen MR) is 103 cm³/mol. The molecular formula is C22H29F3N2O2. The Morgan fingerprint density at radius 1 is 1.24 bits per heavy atom. The van der Waals surface area contributed by atoms with E-state index in [2.05, 4.69) is 24.1 Å². The molecule has 3 aliphatic rings. The number of hydrogen-bond donors (Lipinski definition) is 1. The quantitative estimate of drug-likeness (QED) is 0.803. The molecule has 1 saturated carbocycles. The predicted octanol–water partition coefficient (Wildman–Crippen LogP) is 4.34. The SMILES string of the molecule is CC(C)[C@H]1CO[C@]23CC[C@@H](NCc4ccc(C(F)(F)F)cc4)C[C@H]2CCC(=O)N13. The summed E-state index contributed by atoms with van der Waals surface area (Å²) in [6.45, 7) is 5.44. The second kappa shape index (κ2) is 7.58. The van der Waals surface area contributed by atoms with E-state index in [0.717, 1.165) is 43.4 Å². The average molecular weight is 410 g/mol. The number of halogens is 3. The van der Waals surface area contributed by atoms with E-state index < -0.39 is 17.5 Å². The second-order valence-electron chi connectivity index (χ2n) is 9.01. The molecule has 1 spiro atoms. The molecule has 1 N–H and O–H groups in total. The number of carbonyl (C=O) groups is 1. The number of amides is 1. The summed E-state index contributed by atoms with van der Waals surface area (Å²) in [7, 11) is 0. The highest BCUT2D eigenvalue weighted by molar-refractivity contribution is 5.78. The first-order chi connectivity index (χ1) is 13.7. The highest BCUT2D eigenvalue weighted by atomic mass is 19.4. The number of carbonyl (C=O) groups excluding carboxylic acids is 1. The van der Waals surface area contributed by atoms with E-state index >= 15 is 0 Å². The molecule has 2 saturated heterocycles. The Kier molecular flexibility index (Phi) is 5.40. The van der Waals surface area contributed by atoms with Gasteiger partial charge in [0.15, 0.2) is 0 Å². The lowest BCUT2D eigenvalue weighted by Crippen LogP contribution is -2.62. The number of benzene rings is 1. The summed E-state index contributed by atoms with van der Waals surface area (Å²) in [6.07, 6.45) is -0.245. The maximum Gasteiger partial charge on any atom is 0.416 e. The summed E-state index contributed by atoms with van der Waals surface area (Å²) >= 11 is 0. The maximum absolute atomic E-state index is 12.7. The van der Waals surface area contributed by atoms with E-state index in [4.69, 9.17) is 4.74 Å². The standard InChI is InChI=1S/C22H29F3N2O2/c1-14(2)19-13-29-21-10-9-18(11-17(21)7-8-20(28)27(19)21)26-12-15-3-5-16(6-4-15)22(23,24)25/h3-6,14,17-19,26H,7-13H2,1-2H3/t17-,18-,19-,21-/m1/s1. The third-order valence-corrected chi connectivity index (χ3v) is 6.92. The minimum absolute atomic E-state index is 0.155. The molecule has 0 radical (unpaired) electrons. The van der Waals surface area contributed by atoms with E-state index in [0.29, 0.717) is 31.4 Å². The second-order valence-corrected chi connectivity index (χ2v) is 9.01. The lowest BCUT2D eigenvalue weighted by molar-refractivity contribution is -0.188. The molecule has 7 heteroatoms. The Balaban J connectivity index is 1.39. The Morgan fingerprint density at radius 3 is 2.62 bits per heavy atom. The minimum Gasteiger partial charge on any atom is -0.353 e. The zero-order valence-electron chi connectivity index (χ0n) is 17.0. The van der Waals surface area contributed by atoms with Crippen molar-refractivity contribution in [3.05, 3.63) is 35.4 Å². The largest absolute Gasteiger partial charge is 0.416 e. The van der Waals surface area contributed by atoms with Gasteiger partial charge in [0.25, 0.3) is 0 Å². The molecule has 0 unspecified atom stereocenters. The zero-order chi connectivity index (χ0) is 20.8. The van der Waals surface area contributed by atoms with Crippen LogP contribution in [0.2, 0.25) is 0 Å². The fraction of sp³-hybridized carbons (Fsp3) is 0.682. The highest BCUT2D eigenvalue weighted by Gasteiger charge is 2.59. The molecule has 4 rings (SSSR count). The van der Waals surface area contributed by atoms with Crippen LogP contribution in [0.4, 0.5) is 13.2 Å². The highest BCUT2D eigenvalue weighted by Crippen LogP contribution is 2.50. The molecule has 1 aliphatic carbocycles. The van der Waals surface area contributed by atoms with Gasteiger partial charge in [0, 0.05) is 24.9 Å². The lowest BCUT2D eigenvalue weighted by Gasteiger charge is -2.52. The molecule has 2 aliphatic heterocycles. The number of piperidine rings is 1. The van der Waals surface area contributed by atoms with Crippen LogP contribution in [0.5, 0.6) is 0 Å². The molecular weight excluding hydrogens is 381 g/mol. The number of ether oxygens (including phenoxy) is 1. The van der Waals surface area contributed by atoms with Gasteiger partial charge in [0.05, 0.1) is 18.2 Å². The van der Waals surface area contributed by atoms with Gasteiger partial charge in [0.2, 0.25) is 5.91 Å². The lowest BCUT2D eigenvalue weighted by atomic mass is 9.72. The average Bonchev–Trinajstić information content (AvgIpc) is 3.07. The van der Waals surface area contributed by atoms with Crippen LogP contribution in [0.3, 0.4) is 0 Å². The van der Waals surface area contributed by atoms with Crippen molar-refractivity contribution >= 4 is 5.91 Å². The van der Waals surface area contributed by atoms with Crippen LogP contribution in [-0.4, -0.2) is 35.2 Å². The topological polar surface area (TPSA) is 41.6 Å². The van der Waals surface area contributed by atoms with E-state index in [1.165, 1.54) is 12.1 Å². The van der Waals surface area contributed by atoms with Gasteiger partial charge >= 0.3 is 6.18 Å². The number of hydrogen-bond acceptors (Lipinski definition) is 3. The molecule has 1 aromatic carbocycles. The van der Waals surface area contributed by atoms with Gasteiger partial charge in [-0.05, 0) is 49.3 Å². The Hall–Kier alpha value is -1.60. The molecule has 0 bridgehead atoms. The molecule has 29 heavy (non-hydrogen) atoms. The number of alkyl halides is 3. The zero-order valence-corrected chi connectivity index (χ0v) is 17.0. The van der Waals surface area contributed by atoms with Crippen molar-refractivity contribution in [2.24, 2.45) is 11.8 Å². The van der Waals surface area contributed by atoms with Gasteiger partial charge < -0.3 is 15.0 Å². The van der Waals surface area contributed by atoms with E-state index in [9.17, 15) is 18.0 Å². The van der Waals surface area contributed by atoms with Gasteiger partial charge in [-0.25, -0.2) is 0 Å². The van der Waals surface area contributed by atoms with Gasteiger partial charge in [0.1, 0.15) is 5.72 Å². The maximum atomic E-state index is 12.7. The number of rotatable bonds is 4. The summed E-state index contributed by atoms with van der Waals surface area (Å²) in [5, 5.41) is 3.51. The first kappa shape index (κ1) is 20.7. The normalized spacial score (nSPS) is 32.4. The molecule has 2 heterocycles. The van der Waals surface area contributed by atoms with Gasteiger partial charge in [-0.3, -0.25) is 4.79 Å². The van der Waals surface area contributed by atoms with Crippen LogP contribution in [-0.2, 0) is 22.3 Å². The summed E-state index contributed by atoms with van der Waals surface area (Å²) in [5.74, 6) is 0.893. The van der Waals surface area contributed by atoms with E-state index in [1.807, 2.05) is 0 Å². The summed E-state index contributed by atoms with van der Waals surface area (Å²) in [4.78, 5) is 14.7. The third kappa shape index (κ3) is 3.79. The van der Waals surface area contributed by atoms with Crippen molar-refractivity contribution in [3.63, 3.8) is 0 Å². The Morgan fingerprint density at radius 2 is 1.97 bits per heavy atom. The van der Waals surface area contributed by atoms with Crippen molar-refractivity contribution in [3.8, 4) is 0 Å². The van der Waals surface area contributed by atoms with Gasteiger partial charge in [-0.15, -0.1) is 0 Å². The summed E-state index contributed by atoms with van der Waals surface area (Å²) in [5.41, 5.74) is -0.224. The Labute approximate surface area is 169 Å². The number of nitrogens with zero attached hydrogens (tertiary/aromatic N) is 1. The molecule has 4 nitrogen and oxygen atoms in total. The fourth-order valence-corrected chi connectivity index (χ4v) is 5.30. The monoisotopic (exact) mass is 410 g/mol. The van der Waals surface area contributed by atoms with Crippen molar-refractivity contribution in [2.45, 2.75) is 76.5 Å². The van der Waals surface area contributed by atoms with Gasteiger partial charge in [-0.2, -0.15) is 13.2 Å². The van der Waals surface area contributed by atoms with Crippen molar-refractivity contribution in [1.29, 1.82) is 0 Å². The first-order valence-electron chi connectivity index (χ1n) is 10.6. The van der Waals surface area contributed by atoms with E-state index in [1.54, 1.807) is 0 Å². The first-order valence-corrected chi connectivity index (χ1v) is 10.6. The minimum atomic E-state index is -4.30. The van der Waals surface area contributed by atoms with Crippen LogP contribution in [0.25, 0.3) is 0 Å². The summed E-state index contributed by atoms with van der Waals surface area (Å²) in [6, 6.07) is 5.78. The van der Waals surface area contributed by atoms with Crippen molar-refractivity contribution in [2.75, 3.05) is 6.61 Å². The van der Waals surface area contributed by atoms with E-state index in [-0.39, 0.29) is 18.0 Å². The van der Waals surface area contributed by atoms with Gasteiger partial charge in [-0.1, -0.05) is 26.0 Å². The van der Waals surface area contributed by atoms with Crippen molar-refractivity contribution < 1.29 is 22.7 Å². The number of nitrogens with one attached hydrogen (secondary N) is 1. The van der Waals surface area contributed by atoms with Crippen LogP contribution >= 0.6 is 0 Å². The van der Waals surface area contributed by atoms with Crippen LogP contribution in [0.1, 0.15) is 57.1 Å². The molecule has 3 fully saturated rings. The Bertz CT molecular complexity index is 749. The van der Waals surface area contributed by atoms with Crippen LogP contribution in [0, 0.1) is 11.8 Å². The van der Waals surface area contributed by atoms with Crippen molar-refractivity contribution in [1.82, 2.24) is 10.2 Å². The molecule has 160 valence electrons. The van der Waals surface area contributed by atoms with Crippen LogP contribution in [0.15, 0.2) is 24.3 Å². The molecule has 4 atom stereocenters. The fourth-order valence-electron chi connectivity index (χ4n) is 5.30. The molecule has 1 amide bonds. The third-order valence-electron chi connectivity index (χ3n) is 6.92. The smallest absolute Gasteiger partial charge is 0.353 e. The molecule has 0 aromatic heterocycles. The summed E-state index contributed by atoms with van der Waals surface area (Å²) < 4.78 is 44.4. The molecule has 1 aromatic rings.